The minimum atomic E-state index is -3.66. The van der Waals surface area contributed by atoms with Gasteiger partial charge in [0.15, 0.2) is 11.5 Å². The van der Waals surface area contributed by atoms with Gasteiger partial charge >= 0.3 is 0 Å². The van der Waals surface area contributed by atoms with Crippen LogP contribution in [0.15, 0.2) is 42.5 Å². The first-order valence-corrected chi connectivity index (χ1v) is 11.2. The number of carbonyl (C=O) groups excluding carboxylic acids is 1. The number of nitrogens with one attached hydrogen (secondary N) is 1. The Morgan fingerprint density at radius 3 is 2.41 bits per heavy atom. The highest BCUT2D eigenvalue weighted by Gasteiger charge is 2.26. The predicted molar refractivity (Wildman–Crippen MR) is 112 cm³/mol. The third-order valence-electron chi connectivity index (χ3n) is 4.76. The number of nitrogens with zero attached hydrogens (tertiary/aromatic N) is 1. The summed E-state index contributed by atoms with van der Waals surface area (Å²) >= 11 is 0. The minimum Gasteiger partial charge on any atom is -0.486 e. The summed E-state index contributed by atoms with van der Waals surface area (Å²) in [5.41, 5.74) is 2.45. The van der Waals surface area contributed by atoms with E-state index in [9.17, 15) is 13.2 Å². The van der Waals surface area contributed by atoms with E-state index in [1.807, 2.05) is 38.1 Å². The Labute approximate surface area is 171 Å². The van der Waals surface area contributed by atoms with Crippen LogP contribution in [0.25, 0.3) is 0 Å². The van der Waals surface area contributed by atoms with E-state index in [1.54, 1.807) is 25.1 Å². The lowest BCUT2D eigenvalue weighted by Crippen LogP contribution is -2.42. The Hall–Kier alpha value is -2.74. The molecule has 0 aliphatic carbocycles. The summed E-state index contributed by atoms with van der Waals surface area (Å²) in [6.45, 7) is 5.94. The Balaban J connectivity index is 1.79. The molecule has 2 aromatic carbocycles. The highest BCUT2D eigenvalue weighted by Crippen LogP contribution is 2.34. The van der Waals surface area contributed by atoms with Crippen molar-refractivity contribution in [3.63, 3.8) is 0 Å². The highest BCUT2D eigenvalue weighted by molar-refractivity contribution is 7.92. The fourth-order valence-corrected chi connectivity index (χ4v) is 4.11. The van der Waals surface area contributed by atoms with Gasteiger partial charge < -0.3 is 14.8 Å². The van der Waals surface area contributed by atoms with Crippen LogP contribution in [-0.2, 0) is 14.8 Å². The molecule has 3 rings (SSSR count). The van der Waals surface area contributed by atoms with Gasteiger partial charge in [-0.1, -0.05) is 29.8 Å². The predicted octanol–water partition coefficient (Wildman–Crippen LogP) is 2.80. The third-order valence-corrected chi connectivity index (χ3v) is 6.50. The second-order valence-electron chi connectivity index (χ2n) is 6.94. The Morgan fingerprint density at radius 2 is 1.76 bits per heavy atom. The van der Waals surface area contributed by atoms with Crippen molar-refractivity contribution in [2.45, 2.75) is 26.8 Å². The molecule has 0 aromatic heterocycles. The molecule has 29 heavy (non-hydrogen) atoms. The highest BCUT2D eigenvalue weighted by atomic mass is 32.2. The van der Waals surface area contributed by atoms with E-state index in [0.717, 1.165) is 15.4 Å². The van der Waals surface area contributed by atoms with E-state index < -0.39 is 10.0 Å². The van der Waals surface area contributed by atoms with Gasteiger partial charge in [0.05, 0.1) is 17.5 Å². The van der Waals surface area contributed by atoms with Crippen molar-refractivity contribution in [3.05, 3.63) is 53.6 Å². The monoisotopic (exact) mass is 418 g/mol. The molecule has 0 fully saturated rings. The van der Waals surface area contributed by atoms with Gasteiger partial charge in [0.1, 0.15) is 19.8 Å². The van der Waals surface area contributed by atoms with Gasteiger partial charge in [-0.25, -0.2) is 8.42 Å². The van der Waals surface area contributed by atoms with Crippen LogP contribution in [0, 0.1) is 6.92 Å². The molecule has 0 saturated heterocycles. The number of rotatable bonds is 7. The van der Waals surface area contributed by atoms with Crippen LogP contribution < -0.4 is 19.1 Å². The summed E-state index contributed by atoms with van der Waals surface area (Å²) < 4.78 is 37.5. The van der Waals surface area contributed by atoms with Crippen molar-refractivity contribution in [2.75, 3.05) is 29.8 Å². The van der Waals surface area contributed by atoms with E-state index >= 15 is 0 Å². The van der Waals surface area contributed by atoms with Crippen molar-refractivity contribution in [1.29, 1.82) is 0 Å². The molecule has 156 valence electrons. The largest absolute Gasteiger partial charge is 0.486 e. The maximum atomic E-state index is 12.7. The van der Waals surface area contributed by atoms with E-state index in [0.29, 0.717) is 30.4 Å². The molecule has 1 amide bonds. The second-order valence-corrected chi connectivity index (χ2v) is 9.12. The molecule has 0 radical (unpaired) electrons. The van der Waals surface area contributed by atoms with Crippen molar-refractivity contribution in [1.82, 2.24) is 5.32 Å². The van der Waals surface area contributed by atoms with Crippen LogP contribution in [0.1, 0.15) is 31.0 Å². The Morgan fingerprint density at radius 1 is 1.10 bits per heavy atom. The zero-order valence-electron chi connectivity index (χ0n) is 16.8. The normalized spacial score (nSPS) is 14.2. The number of amides is 1. The molecule has 1 N–H and O–H groups in total. The Bertz CT molecular complexity index is 973. The van der Waals surface area contributed by atoms with E-state index in [2.05, 4.69) is 5.32 Å². The van der Waals surface area contributed by atoms with Crippen molar-refractivity contribution in [3.8, 4) is 11.5 Å². The fourth-order valence-electron chi connectivity index (χ4n) is 3.05. The molecule has 2 aromatic rings. The average Bonchev–Trinajstić information content (AvgIpc) is 2.72. The number of hydrogen-bond acceptors (Lipinski definition) is 5. The molecular formula is C21H26N2O5S. The summed E-state index contributed by atoms with van der Waals surface area (Å²) in [6.07, 6.45) is 0. The van der Waals surface area contributed by atoms with Crippen LogP contribution in [0.3, 0.4) is 0 Å². The minimum absolute atomic E-state index is 0.123. The summed E-state index contributed by atoms with van der Waals surface area (Å²) in [4.78, 5) is 12.7. The summed E-state index contributed by atoms with van der Waals surface area (Å²) in [5.74, 6) is 0.525. The van der Waals surface area contributed by atoms with Gasteiger partial charge in [0.25, 0.3) is 0 Å². The third kappa shape index (κ3) is 5.00. The zero-order valence-corrected chi connectivity index (χ0v) is 17.7. The van der Waals surface area contributed by atoms with Crippen LogP contribution in [0.2, 0.25) is 0 Å². The molecular weight excluding hydrogens is 392 g/mol. The lowest BCUT2D eigenvalue weighted by Gasteiger charge is -2.26. The first-order chi connectivity index (χ1) is 13.8. The lowest BCUT2D eigenvalue weighted by molar-refractivity contribution is -0.120. The van der Waals surface area contributed by atoms with Gasteiger partial charge in [0.2, 0.25) is 15.9 Å². The second kappa shape index (κ2) is 8.73. The van der Waals surface area contributed by atoms with E-state index in [1.165, 1.54) is 0 Å². The fraction of sp³-hybridized carbons (Fsp3) is 0.381. The number of fused-ring (bicyclic) bond motifs is 1. The quantitative estimate of drug-likeness (QED) is 0.747. The zero-order chi connectivity index (χ0) is 21.0. The van der Waals surface area contributed by atoms with Crippen LogP contribution >= 0.6 is 0 Å². The standard InChI is InChI=1S/C21H26N2O5S/c1-4-29(25,26)23(18-9-10-19-20(13-18)28-12-11-27-19)14-21(24)22-16(3)17-7-5-15(2)6-8-17/h5-10,13,16H,4,11-12,14H2,1-3H3,(H,22,24)/t16-/m1/s1. The molecule has 1 aliphatic rings. The first kappa shape index (κ1) is 21.0. The molecule has 0 saturated carbocycles. The summed E-state index contributed by atoms with van der Waals surface area (Å²) in [6, 6.07) is 12.5. The molecule has 0 bridgehead atoms. The number of benzene rings is 2. The number of aryl methyl sites for hydroxylation is 1. The van der Waals surface area contributed by atoms with Gasteiger partial charge in [-0.15, -0.1) is 0 Å². The topological polar surface area (TPSA) is 84.9 Å². The number of anilines is 1. The van der Waals surface area contributed by atoms with Crippen LogP contribution in [0.5, 0.6) is 11.5 Å². The lowest BCUT2D eigenvalue weighted by atomic mass is 10.1. The molecule has 0 unspecified atom stereocenters. The molecule has 7 nitrogen and oxygen atoms in total. The average molecular weight is 419 g/mol. The van der Waals surface area contributed by atoms with Crippen LogP contribution in [0.4, 0.5) is 5.69 Å². The molecule has 1 atom stereocenters. The van der Waals surface area contributed by atoms with E-state index in [-0.39, 0.29) is 24.2 Å². The van der Waals surface area contributed by atoms with Crippen LogP contribution in [-0.4, -0.2) is 39.8 Å². The molecule has 0 spiro atoms. The molecule has 1 aliphatic heterocycles. The van der Waals surface area contributed by atoms with E-state index in [4.69, 9.17) is 9.47 Å². The molecule has 8 heteroatoms. The maximum absolute atomic E-state index is 12.7. The maximum Gasteiger partial charge on any atom is 0.241 e. The van der Waals surface area contributed by atoms with Gasteiger partial charge in [-0.05, 0) is 38.5 Å². The molecule has 1 heterocycles. The number of ether oxygens (including phenoxy) is 2. The van der Waals surface area contributed by atoms with Gasteiger partial charge in [-0.2, -0.15) is 0 Å². The first-order valence-electron chi connectivity index (χ1n) is 9.56. The van der Waals surface area contributed by atoms with Gasteiger partial charge in [0, 0.05) is 6.07 Å². The summed E-state index contributed by atoms with van der Waals surface area (Å²) in [5, 5.41) is 2.87. The number of sulfonamides is 1. The van der Waals surface area contributed by atoms with Crippen molar-refractivity contribution >= 4 is 21.6 Å². The van der Waals surface area contributed by atoms with Crippen molar-refractivity contribution in [2.24, 2.45) is 0 Å². The number of carbonyl (C=O) groups is 1. The van der Waals surface area contributed by atoms with Gasteiger partial charge in [-0.3, -0.25) is 9.10 Å². The van der Waals surface area contributed by atoms with Crippen molar-refractivity contribution < 1.29 is 22.7 Å². The smallest absolute Gasteiger partial charge is 0.241 e. The SMILES string of the molecule is CCS(=O)(=O)N(CC(=O)N[C@H](C)c1ccc(C)cc1)c1ccc2c(c1)OCCO2. The number of hydrogen-bond donors (Lipinski definition) is 1. The Kier molecular flexibility index (Phi) is 6.32. The summed E-state index contributed by atoms with van der Waals surface area (Å²) in [7, 11) is -3.66.